The summed E-state index contributed by atoms with van der Waals surface area (Å²) in [7, 11) is 0. The first-order chi connectivity index (χ1) is 9.08. The van der Waals surface area contributed by atoms with Crippen molar-refractivity contribution in [1.29, 1.82) is 0 Å². The number of thioether (sulfide) groups is 1. The summed E-state index contributed by atoms with van der Waals surface area (Å²) >= 11 is 1.39. The Morgan fingerprint density at radius 3 is 2.25 bits per heavy atom. The summed E-state index contributed by atoms with van der Waals surface area (Å²) in [5.41, 5.74) is 0. The first kappa shape index (κ1) is 18.9. The van der Waals surface area contributed by atoms with Gasteiger partial charge in [-0.05, 0) is 32.3 Å². The SMILES string of the molecule is CSCC[C@H](NC(=O)N(CC(F)(F)F)C(C)C)C(=O)O. The fraction of sp³-hybridized carbons (Fsp3) is 0.818. The van der Waals surface area contributed by atoms with Crippen molar-refractivity contribution in [3.63, 3.8) is 0 Å². The zero-order valence-corrected chi connectivity index (χ0v) is 12.3. The molecule has 0 saturated carbocycles. The van der Waals surface area contributed by atoms with Crippen LogP contribution in [-0.4, -0.2) is 58.8 Å². The zero-order valence-electron chi connectivity index (χ0n) is 11.5. The van der Waals surface area contributed by atoms with E-state index in [2.05, 4.69) is 5.32 Å². The van der Waals surface area contributed by atoms with Crippen LogP contribution >= 0.6 is 11.8 Å². The molecular weight excluding hydrogens is 297 g/mol. The maximum Gasteiger partial charge on any atom is 0.406 e. The van der Waals surface area contributed by atoms with E-state index in [1.807, 2.05) is 0 Å². The summed E-state index contributed by atoms with van der Waals surface area (Å²) in [6.07, 6.45) is -2.61. The molecule has 0 aromatic carbocycles. The molecule has 1 atom stereocenters. The number of hydrogen-bond acceptors (Lipinski definition) is 3. The summed E-state index contributed by atoms with van der Waals surface area (Å²) in [5, 5.41) is 11.1. The van der Waals surface area contributed by atoms with Crippen LogP contribution in [0.25, 0.3) is 0 Å². The lowest BCUT2D eigenvalue weighted by Crippen LogP contribution is -2.52. The lowest BCUT2D eigenvalue weighted by Gasteiger charge is -2.29. The number of hydrogen-bond donors (Lipinski definition) is 2. The van der Waals surface area contributed by atoms with Gasteiger partial charge in [0, 0.05) is 6.04 Å². The number of urea groups is 1. The van der Waals surface area contributed by atoms with Crippen molar-refractivity contribution in [1.82, 2.24) is 10.2 Å². The molecule has 0 unspecified atom stereocenters. The Morgan fingerprint density at radius 1 is 1.35 bits per heavy atom. The van der Waals surface area contributed by atoms with Gasteiger partial charge in [-0.3, -0.25) is 0 Å². The van der Waals surface area contributed by atoms with Crippen LogP contribution in [0.5, 0.6) is 0 Å². The van der Waals surface area contributed by atoms with Crippen LogP contribution in [-0.2, 0) is 4.79 Å². The van der Waals surface area contributed by atoms with Crippen molar-refractivity contribution in [3.8, 4) is 0 Å². The molecule has 2 N–H and O–H groups in total. The predicted molar refractivity (Wildman–Crippen MR) is 70.9 cm³/mol. The molecule has 0 spiro atoms. The monoisotopic (exact) mass is 316 g/mol. The molecule has 5 nitrogen and oxygen atoms in total. The zero-order chi connectivity index (χ0) is 15.9. The fourth-order valence-electron chi connectivity index (χ4n) is 1.41. The Balaban J connectivity index is 4.76. The number of nitrogens with zero attached hydrogens (tertiary/aromatic N) is 1. The topological polar surface area (TPSA) is 69.6 Å². The van der Waals surface area contributed by atoms with E-state index in [0.29, 0.717) is 10.7 Å². The number of alkyl halides is 3. The molecule has 0 fully saturated rings. The number of amides is 2. The lowest BCUT2D eigenvalue weighted by atomic mass is 10.2. The Morgan fingerprint density at radius 2 is 1.90 bits per heavy atom. The van der Waals surface area contributed by atoms with Crippen LogP contribution in [0.3, 0.4) is 0 Å². The van der Waals surface area contributed by atoms with E-state index < -0.39 is 36.8 Å². The molecule has 0 aromatic heterocycles. The summed E-state index contributed by atoms with van der Waals surface area (Å²) in [6.45, 7) is 1.46. The molecule has 0 aliphatic heterocycles. The normalized spacial score (nSPS) is 13.2. The van der Waals surface area contributed by atoms with Crippen LogP contribution in [0, 0.1) is 0 Å². The van der Waals surface area contributed by atoms with Crippen molar-refractivity contribution in [2.45, 2.75) is 38.5 Å². The number of rotatable bonds is 7. The molecular formula is C11H19F3N2O3S. The van der Waals surface area contributed by atoms with Crippen molar-refractivity contribution in [3.05, 3.63) is 0 Å². The number of carbonyl (C=O) groups excluding carboxylic acids is 1. The Hall–Kier alpha value is -1.12. The molecule has 0 aliphatic rings. The van der Waals surface area contributed by atoms with E-state index >= 15 is 0 Å². The first-order valence-corrected chi connectivity index (χ1v) is 7.33. The van der Waals surface area contributed by atoms with Gasteiger partial charge >= 0.3 is 18.2 Å². The highest BCUT2D eigenvalue weighted by molar-refractivity contribution is 7.98. The Labute approximate surface area is 119 Å². The van der Waals surface area contributed by atoms with Gasteiger partial charge in [0.2, 0.25) is 0 Å². The minimum atomic E-state index is -4.53. The van der Waals surface area contributed by atoms with Crippen molar-refractivity contribution < 1.29 is 27.9 Å². The van der Waals surface area contributed by atoms with Crippen LogP contribution in [0.15, 0.2) is 0 Å². The van der Waals surface area contributed by atoms with Gasteiger partial charge < -0.3 is 15.3 Å². The average Bonchev–Trinajstić information content (AvgIpc) is 2.29. The van der Waals surface area contributed by atoms with E-state index in [1.165, 1.54) is 25.6 Å². The van der Waals surface area contributed by atoms with Crippen molar-refractivity contribution in [2.75, 3.05) is 18.6 Å². The third-order valence-electron chi connectivity index (χ3n) is 2.44. The van der Waals surface area contributed by atoms with E-state index in [1.54, 1.807) is 6.26 Å². The van der Waals surface area contributed by atoms with Crippen molar-refractivity contribution in [2.24, 2.45) is 0 Å². The molecule has 0 saturated heterocycles. The van der Waals surface area contributed by atoms with Gasteiger partial charge in [0.05, 0.1) is 0 Å². The van der Waals surface area contributed by atoms with E-state index in [-0.39, 0.29) is 6.42 Å². The number of carboxylic acid groups (broad SMARTS) is 1. The Kier molecular flexibility index (Phi) is 7.77. The molecule has 0 aliphatic carbocycles. The number of carboxylic acids is 1. The summed E-state index contributed by atoms with van der Waals surface area (Å²) in [5.74, 6) is -0.777. The number of halogens is 3. The standard InChI is InChI=1S/C11H19F3N2O3S/c1-7(2)16(6-11(12,13)14)10(19)15-8(9(17)18)4-5-20-3/h7-8H,4-6H2,1-3H3,(H,15,19)(H,17,18)/t8-/m0/s1. The highest BCUT2D eigenvalue weighted by Crippen LogP contribution is 2.18. The fourth-order valence-corrected chi connectivity index (χ4v) is 1.88. The smallest absolute Gasteiger partial charge is 0.406 e. The largest absolute Gasteiger partial charge is 0.480 e. The van der Waals surface area contributed by atoms with Crippen LogP contribution in [0.4, 0.5) is 18.0 Å². The van der Waals surface area contributed by atoms with E-state index in [9.17, 15) is 22.8 Å². The Bertz CT molecular complexity index is 337. The van der Waals surface area contributed by atoms with Crippen molar-refractivity contribution >= 4 is 23.8 Å². The molecule has 9 heteroatoms. The second kappa shape index (κ2) is 8.23. The van der Waals surface area contributed by atoms with Gasteiger partial charge in [-0.15, -0.1) is 0 Å². The van der Waals surface area contributed by atoms with Crippen LogP contribution in [0.1, 0.15) is 20.3 Å². The van der Waals surface area contributed by atoms with E-state index in [0.717, 1.165) is 0 Å². The third-order valence-corrected chi connectivity index (χ3v) is 3.08. The highest BCUT2D eigenvalue weighted by Gasteiger charge is 2.35. The van der Waals surface area contributed by atoms with Gasteiger partial charge in [-0.2, -0.15) is 24.9 Å². The van der Waals surface area contributed by atoms with Gasteiger partial charge in [-0.1, -0.05) is 0 Å². The van der Waals surface area contributed by atoms with Crippen LogP contribution in [0.2, 0.25) is 0 Å². The third kappa shape index (κ3) is 7.46. The average molecular weight is 316 g/mol. The molecule has 0 rings (SSSR count). The minimum absolute atomic E-state index is 0.153. The molecule has 118 valence electrons. The van der Waals surface area contributed by atoms with Gasteiger partial charge in [0.15, 0.2) is 0 Å². The van der Waals surface area contributed by atoms with Crippen LogP contribution < -0.4 is 5.32 Å². The molecule has 20 heavy (non-hydrogen) atoms. The second-order valence-corrected chi connectivity index (χ2v) is 5.44. The minimum Gasteiger partial charge on any atom is -0.480 e. The summed E-state index contributed by atoms with van der Waals surface area (Å²) < 4.78 is 37.2. The highest BCUT2D eigenvalue weighted by atomic mass is 32.2. The second-order valence-electron chi connectivity index (χ2n) is 4.46. The first-order valence-electron chi connectivity index (χ1n) is 5.94. The quantitative estimate of drug-likeness (QED) is 0.755. The number of nitrogens with one attached hydrogen (secondary N) is 1. The number of aliphatic carboxylic acids is 1. The molecule has 0 bridgehead atoms. The number of carbonyl (C=O) groups is 2. The maximum absolute atomic E-state index is 12.4. The van der Waals surface area contributed by atoms with E-state index in [4.69, 9.17) is 5.11 Å². The molecule has 0 aromatic rings. The summed E-state index contributed by atoms with van der Waals surface area (Å²) in [4.78, 5) is 23.3. The molecule has 2 amide bonds. The van der Waals surface area contributed by atoms with Gasteiger partial charge in [-0.25, -0.2) is 9.59 Å². The van der Waals surface area contributed by atoms with Gasteiger partial charge in [0.1, 0.15) is 12.6 Å². The lowest BCUT2D eigenvalue weighted by molar-refractivity contribution is -0.143. The maximum atomic E-state index is 12.4. The van der Waals surface area contributed by atoms with Gasteiger partial charge in [0.25, 0.3) is 0 Å². The predicted octanol–water partition coefficient (Wildman–Crippen LogP) is 2.17. The summed E-state index contributed by atoms with van der Waals surface area (Å²) in [6, 6.07) is -2.90. The molecule has 0 radical (unpaired) electrons. The molecule has 0 heterocycles.